The number of phenols is 1. The Hall–Kier alpha value is -1.58. The number of hydrogen-bond donors (Lipinski definition) is 2. The van der Waals surface area contributed by atoms with Crippen LogP contribution in [0.4, 0.5) is 0 Å². The van der Waals surface area contributed by atoms with Crippen molar-refractivity contribution in [1.82, 2.24) is 5.32 Å². The Bertz CT molecular complexity index is 566. The van der Waals surface area contributed by atoms with E-state index in [1.54, 1.807) is 6.07 Å². The average Bonchev–Trinajstić information content (AvgIpc) is 2.48. The van der Waals surface area contributed by atoms with Crippen molar-refractivity contribution in [3.8, 4) is 5.75 Å². The molecule has 2 aromatic rings. The molecule has 0 unspecified atom stereocenters. The summed E-state index contributed by atoms with van der Waals surface area (Å²) in [6.07, 6.45) is 1.10. The first-order valence-corrected chi connectivity index (χ1v) is 7.66. The molecule has 0 aliphatic carbocycles. The molecule has 0 saturated carbocycles. The van der Waals surface area contributed by atoms with E-state index >= 15 is 0 Å². The molecular formula is C18H25NO2. The Morgan fingerprint density at radius 2 is 1.90 bits per heavy atom. The minimum atomic E-state index is 0.349. The largest absolute Gasteiger partial charge is 0.508 e. The monoisotopic (exact) mass is 287 g/mol. The lowest BCUT2D eigenvalue weighted by Crippen LogP contribution is -2.20. The summed E-state index contributed by atoms with van der Waals surface area (Å²) in [5.41, 5.74) is 0.954. The Labute approximate surface area is 126 Å². The van der Waals surface area contributed by atoms with Crippen molar-refractivity contribution < 1.29 is 9.84 Å². The topological polar surface area (TPSA) is 41.5 Å². The summed E-state index contributed by atoms with van der Waals surface area (Å²) in [5.74, 6) is 1.03. The van der Waals surface area contributed by atoms with Gasteiger partial charge in [-0.3, -0.25) is 0 Å². The first-order valence-electron chi connectivity index (χ1n) is 7.66. The van der Waals surface area contributed by atoms with Crippen LogP contribution >= 0.6 is 0 Å². The third-order valence-corrected chi connectivity index (χ3v) is 3.58. The molecule has 0 spiro atoms. The zero-order valence-electron chi connectivity index (χ0n) is 12.9. The van der Waals surface area contributed by atoms with E-state index in [2.05, 4.69) is 25.2 Å². The van der Waals surface area contributed by atoms with Crippen molar-refractivity contribution in [3.63, 3.8) is 0 Å². The van der Waals surface area contributed by atoms with Crippen molar-refractivity contribution in [2.45, 2.75) is 26.8 Å². The number of rotatable bonds is 8. The standard InChI is InChI=1S/C18H25NO2/c1-14(2)9-11-21-12-10-19-13-17-16-6-4-3-5-15(16)7-8-18(17)20/h3-8,14,19-20H,9-13H2,1-2H3. The summed E-state index contributed by atoms with van der Waals surface area (Å²) in [6, 6.07) is 11.8. The Kier molecular flexibility index (Phi) is 6.03. The van der Waals surface area contributed by atoms with Gasteiger partial charge in [0.05, 0.1) is 6.61 Å². The number of nitrogens with one attached hydrogen (secondary N) is 1. The molecule has 0 aliphatic rings. The van der Waals surface area contributed by atoms with Crippen LogP contribution < -0.4 is 5.32 Å². The summed E-state index contributed by atoms with van der Waals surface area (Å²) in [4.78, 5) is 0. The smallest absolute Gasteiger partial charge is 0.120 e. The fourth-order valence-corrected chi connectivity index (χ4v) is 2.29. The van der Waals surface area contributed by atoms with Gasteiger partial charge in [-0.25, -0.2) is 0 Å². The van der Waals surface area contributed by atoms with Crippen molar-refractivity contribution in [2.24, 2.45) is 5.92 Å². The van der Waals surface area contributed by atoms with E-state index < -0.39 is 0 Å². The van der Waals surface area contributed by atoms with Crippen molar-refractivity contribution in [3.05, 3.63) is 42.0 Å². The molecule has 2 N–H and O–H groups in total. The van der Waals surface area contributed by atoms with E-state index in [9.17, 15) is 5.11 Å². The highest BCUT2D eigenvalue weighted by Crippen LogP contribution is 2.26. The second-order valence-corrected chi connectivity index (χ2v) is 5.76. The van der Waals surface area contributed by atoms with Crippen molar-refractivity contribution in [1.29, 1.82) is 0 Å². The van der Waals surface area contributed by atoms with Gasteiger partial charge in [0, 0.05) is 25.3 Å². The zero-order chi connectivity index (χ0) is 15.1. The highest BCUT2D eigenvalue weighted by atomic mass is 16.5. The van der Waals surface area contributed by atoms with Crippen LogP contribution in [0.15, 0.2) is 36.4 Å². The zero-order valence-corrected chi connectivity index (χ0v) is 12.9. The number of benzene rings is 2. The number of phenolic OH excluding ortho intramolecular Hbond substituents is 1. The molecule has 3 heteroatoms. The lowest BCUT2D eigenvalue weighted by Gasteiger charge is -2.11. The molecule has 3 nitrogen and oxygen atoms in total. The summed E-state index contributed by atoms with van der Waals surface area (Å²) in [5, 5.41) is 15.6. The van der Waals surface area contributed by atoms with Gasteiger partial charge < -0.3 is 15.2 Å². The Morgan fingerprint density at radius 3 is 2.71 bits per heavy atom. The van der Waals surface area contributed by atoms with Crippen molar-refractivity contribution in [2.75, 3.05) is 19.8 Å². The molecule has 0 saturated heterocycles. The summed E-state index contributed by atoms with van der Waals surface area (Å²) >= 11 is 0. The van der Waals surface area contributed by atoms with Gasteiger partial charge in [-0.15, -0.1) is 0 Å². The SMILES string of the molecule is CC(C)CCOCCNCc1c(O)ccc2ccccc12. The molecule has 21 heavy (non-hydrogen) atoms. The van der Waals surface area contributed by atoms with Gasteiger partial charge in [-0.2, -0.15) is 0 Å². The summed E-state index contributed by atoms with van der Waals surface area (Å²) in [6.45, 7) is 7.37. The van der Waals surface area contributed by atoms with E-state index in [0.29, 0.717) is 24.8 Å². The quantitative estimate of drug-likeness (QED) is 0.727. The summed E-state index contributed by atoms with van der Waals surface area (Å²) < 4.78 is 5.58. The van der Waals surface area contributed by atoms with Gasteiger partial charge in [0.1, 0.15) is 5.75 Å². The van der Waals surface area contributed by atoms with Crippen LogP contribution in [0.3, 0.4) is 0 Å². The van der Waals surface area contributed by atoms with Gasteiger partial charge in [0.25, 0.3) is 0 Å². The first kappa shape index (κ1) is 15.8. The molecule has 0 atom stereocenters. The molecule has 0 bridgehead atoms. The van der Waals surface area contributed by atoms with E-state index in [0.717, 1.165) is 35.9 Å². The van der Waals surface area contributed by atoms with E-state index in [4.69, 9.17) is 4.74 Å². The predicted molar refractivity (Wildman–Crippen MR) is 87.6 cm³/mol. The van der Waals surface area contributed by atoms with Gasteiger partial charge in [-0.1, -0.05) is 44.2 Å². The van der Waals surface area contributed by atoms with E-state index in [1.807, 2.05) is 24.3 Å². The number of hydrogen-bond acceptors (Lipinski definition) is 3. The third-order valence-electron chi connectivity index (χ3n) is 3.58. The Morgan fingerprint density at radius 1 is 1.10 bits per heavy atom. The van der Waals surface area contributed by atoms with Gasteiger partial charge in [0.2, 0.25) is 0 Å². The lowest BCUT2D eigenvalue weighted by atomic mass is 10.0. The molecule has 0 radical (unpaired) electrons. The van der Waals surface area contributed by atoms with Crippen LogP contribution in [0, 0.1) is 5.92 Å². The highest BCUT2D eigenvalue weighted by molar-refractivity contribution is 5.87. The Balaban J connectivity index is 1.82. The average molecular weight is 287 g/mol. The fraction of sp³-hybridized carbons (Fsp3) is 0.444. The normalized spacial score (nSPS) is 11.4. The highest BCUT2D eigenvalue weighted by Gasteiger charge is 2.05. The van der Waals surface area contributed by atoms with Gasteiger partial charge in [-0.05, 0) is 29.2 Å². The second-order valence-electron chi connectivity index (χ2n) is 5.76. The van der Waals surface area contributed by atoms with Crippen molar-refractivity contribution >= 4 is 10.8 Å². The molecule has 0 aliphatic heterocycles. The summed E-state index contributed by atoms with van der Waals surface area (Å²) in [7, 11) is 0. The van der Waals surface area contributed by atoms with Gasteiger partial charge >= 0.3 is 0 Å². The van der Waals surface area contributed by atoms with Crippen LogP contribution in [-0.4, -0.2) is 24.9 Å². The first-order chi connectivity index (χ1) is 10.2. The van der Waals surface area contributed by atoms with Crippen LogP contribution in [0.1, 0.15) is 25.8 Å². The maximum atomic E-state index is 10.0. The molecule has 114 valence electrons. The third kappa shape index (κ3) is 4.73. The number of fused-ring (bicyclic) bond motifs is 1. The lowest BCUT2D eigenvalue weighted by molar-refractivity contribution is 0.125. The molecule has 2 aromatic carbocycles. The minimum Gasteiger partial charge on any atom is -0.508 e. The van der Waals surface area contributed by atoms with Gasteiger partial charge in [0.15, 0.2) is 0 Å². The molecule has 0 amide bonds. The molecular weight excluding hydrogens is 262 g/mol. The minimum absolute atomic E-state index is 0.349. The van der Waals surface area contributed by atoms with Crippen LogP contribution in [0.2, 0.25) is 0 Å². The predicted octanol–water partition coefficient (Wildman–Crippen LogP) is 3.70. The van der Waals surface area contributed by atoms with Crippen LogP contribution in [0.25, 0.3) is 10.8 Å². The molecule has 0 heterocycles. The molecule has 2 rings (SSSR count). The fourth-order valence-electron chi connectivity index (χ4n) is 2.29. The molecule has 0 aromatic heterocycles. The maximum absolute atomic E-state index is 10.0. The number of aromatic hydroxyl groups is 1. The second kappa shape index (κ2) is 8.01. The number of ether oxygens (including phenoxy) is 1. The molecule has 0 fully saturated rings. The van der Waals surface area contributed by atoms with Crippen LogP contribution in [0.5, 0.6) is 5.75 Å². The maximum Gasteiger partial charge on any atom is 0.120 e. The van der Waals surface area contributed by atoms with Crippen LogP contribution in [-0.2, 0) is 11.3 Å². The van der Waals surface area contributed by atoms with E-state index in [-0.39, 0.29) is 0 Å². The van der Waals surface area contributed by atoms with E-state index in [1.165, 1.54) is 0 Å².